The summed E-state index contributed by atoms with van der Waals surface area (Å²) < 4.78 is 7.48. The van der Waals surface area contributed by atoms with Crippen LogP contribution in [0.25, 0.3) is 11.0 Å². The van der Waals surface area contributed by atoms with Gasteiger partial charge in [-0.15, -0.1) is 0 Å². The van der Waals surface area contributed by atoms with Crippen LogP contribution in [0.4, 0.5) is 5.82 Å². The molecule has 0 aliphatic heterocycles. The fourth-order valence-corrected chi connectivity index (χ4v) is 3.00. The lowest BCUT2D eigenvalue weighted by Gasteiger charge is -2.15. The van der Waals surface area contributed by atoms with Gasteiger partial charge in [0.05, 0.1) is 11.1 Å². The Balaban J connectivity index is 1.66. The van der Waals surface area contributed by atoms with Gasteiger partial charge >= 0.3 is 0 Å². The van der Waals surface area contributed by atoms with E-state index < -0.39 is 6.10 Å². The average molecular weight is 355 g/mol. The highest BCUT2D eigenvalue weighted by Gasteiger charge is 2.15. The normalized spacial score (nSPS) is 12.4. The number of hydrogen-bond donors (Lipinski definition) is 2. The van der Waals surface area contributed by atoms with Gasteiger partial charge < -0.3 is 15.2 Å². The lowest BCUT2D eigenvalue weighted by Crippen LogP contribution is -2.27. The molecule has 2 aromatic heterocycles. The molecule has 3 aromatic rings. The number of rotatable bonds is 6. The summed E-state index contributed by atoms with van der Waals surface area (Å²) in [6, 6.07) is 5.99. The fraction of sp³-hybridized carbons (Fsp3) is 0.421. The van der Waals surface area contributed by atoms with Gasteiger partial charge in [0, 0.05) is 13.6 Å². The molecule has 0 amide bonds. The van der Waals surface area contributed by atoms with Crippen LogP contribution in [0.5, 0.6) is 5.75 Å². The van der Waals surface area contributed by atoms with Crippen molar-refractivity contribution >= 4 is 16.9 Å². The van der Waals surface area contributed by atoms with Crippen LogP contribution >= 0.6 is 0 Å². The van der Waals surface area contributed by atoms with Crippen LogP contribution in [0.2, 0.25) is 0 Å². The van der Waals surface area contributed by atoms with E-state index in [9.17, 15) is 5.11 Å². The second-order valence-electron chi connectivity index (χ2n) is 6.64. The summed E-state index contributed by atoms with van der Waals surface area (Å²) in [5.74, 6) is 2.13. The van der Waals surface area contributed by atoms with Gasteiger partial charge in [-0.3, -0.25) is 4.68 Å². The van der Waals surface area contributed by atoms with Crippen molar-refractivity contribution in [2.24, 2.45) is 7.05 Å². The van der Waals surface area contributed by atoms with Crippen molar-refractivity contribution in [3.63, 3.8) is 0 Å². The molecular formula is C19H25N5O2. The summed E-state index contributed by atoms with van der Waals surface area (Å²) in [6.07, 6.45) is -0.669. The predicted octanol–water partition coefficient (Wildman–Crippen LogP) is 2.45. The minimum absolute atomic E-state index is 0.204. The van der Waals surface area contributed by atoms with Crippen molar-refractivity contribution in [2.75, 3.05) is 18.5 Å². The van der Waals surface area contributed by atoms with Crippen LogP contribution in [0.1, 0.15) is 22.6 Å². The van der Waals surface area contributed by atoms with Crippen LogP contribution < -0.4 is 10.1 Å². The summed E-state index contributed by atoms with van der Waals surface area (Å²) in [6.45, 7) is 8.33. The Kier molecular flexibility index (Phi) is 5.08. The number of benzene rings is 1. The quantitative estimate of drug-likeness (QED) is 0.706. The Morgan fingerprint density at radius 2 is 1.96 bits per heavy atom. The second-order valence-corrected chi connectivity index (χ2v) is 6.64. The first-order valence-corrected chi connectivity index (χ1v) is 8.65. The van der Waals surface area contributed by atoms with E-state index in [4.69, 9.17) is 4.74 Å². The van der Waals surface area contributed by atoms with Gasteiger partial charge in [0.25, 0.3) is 0 Å². The molecule has 0 bridgehead atoms. The molecule has 26 heavy (non-hydrogen) atoms. The number of fused-ring (bicyclic) bond motifs is 1. The second kappa shape index (κ2) is 7.29. The SMILES string of the molecule is Cc1ccc(OC[C@@H](O)CNc2nc(C)nc3c2c(C)nn3C)c(C)c1. The van der Waals surface area contributed by atoms with Gasteiger partial charge in [0.15, 0.2) is 5.65 Å². The summed E-state index contributed by atoms with van der Waals surface area (Å²) in [4.78, 5) is 8.90. The Morgan fingerprint density at radius 1 is 1.19 bits per heavy atom. The molecule has 3 rings (SSSR count). The zero-order valence-corrected chi connectivity index (χ0v) is 15.9. The average Bonchev–Trinajstić information content (AvgIpc) is 2.86. The maximum Gasteiger partial charge on any atom is 0.163 e. The van der Waals surface area contributed by atoms with Crippen LogP contribution in [-0.2, 0) is 7.05 Å². The van der Waals surface area contributed by atoms with Crippen molar-refractivity contribution < 1.29 is 9.84 Å². The van der Waals surface area contributed by atoms with Crippen molar-refractivity contribution in [3.05, 3.63) is 40.8 Å². The topological polar surface area (TPSA) is 85.1 Å². The van der Waals surface area contributed by atoms with E-state index in [1.807, 2.05) is 46.9 Å². The zero-order valence-electron chi connectivity index (χ0n) is 15.9. The first-order valence-electron chi connectivity index (χ1n) is 8.65. The number of aliphatic hydroxyl groups excluding tert-OH is 1. The molecule has 1 aromatic carbocycles. The molecule has 138 valence electrons. The minimum atomic E-state index is -0.669. The van der Waals surface area contributed by atoms with Crippen LogP contribution in [0, 0.1) is 27.7 Å². The van der Waals surface area contributed by atoms with Gasteiger partial charge in [-0.2, -0.15) is 5.10 Å². The summed E-state index contributed by atoms with van der Waals surface area (Å²) in [5.41, 5.74) is 3.88. The number of anilines is 1. The van der Waals surface area contributed by atoms with Gasteiger partial charge in [-0.05, 0) is 39.3 Å². The van der Waals surface area contributed by atoms with Crippen molar-refractivity contribution in [1.82, 2.24) is 19.7 Å². The maximum absolute atomic E-state index is 10.3. The lowest BCUT2D eigenvalue weighted by atomic mass is 10.1. The van der Waals surface area contributed by atoms with E-state index in [2.05, 4.69) is 26.4 Å². The molecule has 0 spiro atoms. The fourth-order valence-electron chi connectivity index (χ4n) is 3.00. The van der Waals surface area contributed by atoms with Gasteiger partial charge in [-0.1, -0.05) is 17.7 Å². The Labute approximate surface area is 153 Å². The van der Waals surface area contributed by atoms with Crippen molar-refractivity contribution in [1.29, 1.82) is 0 Å². The lowest BCUT2D eigenvalue weighted by molar-refractivity contribution is 0.117. The molecule has 0 fully saturated rings. The number of aryl methyl sites for hydroxylation is 5. The molecular weight excluding hydrogens is 330 g/mol. The maximum atomic E-state index is 10.3. The first kappa shape index (κ1) is 18.1. The number of ether oxygens (including phenoxy) is 1. The van der Waals surface area contributed by atoms with Crippen LogP contribution in [0.15, 0.2) is 18.2 Å². The van der Waals surface area contributed by atoms with E-state index in [-0.39, 0.29) is 6.61 Å². The van der Waals surface area contributed by atoms with E-state index in [0.29, 0.717) is 18.2 Å². The molecule has 0 saturated heterocycles. The van der Waals surface area contributed by atoms with Gasteiger partial charge in [0.2, 0.25) is 0 Å². The highest BCUT2D eigenvalue weighted by atomic mass is 16.5. The molecule has 2 N–H and O–H groups in total. The predicted molar refractivity (Wildman–Crippen MR) is 102 cm³/mol. The number of aromatic nitrogens is 4. The van der Waals surface area contributed by atoms with Crippen LogP contribution in [-0.4, -0.2) is 44.1 Å². The van der Waals surface area contributed by atoms with Crippen molar-refractivity contribution in [2.45, 2.75) is 33.8 Å². The highest BCUT2D eigenvalue weighted by molar-refractivity contribution is 5.89. The Bertz CT molecular complexity index is 935. The Morgan fingerprint density at radius 3 is 2.69 bits per heavy atom. The molecule has 0 radical (unpaired) electrons. The minimum Gasteiger partial charge on any atom is -0.491 e. The zero-order chi connectivity index (χ0) is 18.8. The third-order valence-corrected chi connectivity index (χ3v) is 4.24. The van der Waals surface area contributed by atoms with E-state index in [1.165, 1.54) is 5.56 Å². The van der Waals surface area contributed by atoms with E-state index in [1.54, 1.807) is 4.68 Å². The number of aliphatic hydroxyl groups is 1. The smallest absolute Gasteiger partial charge is 0.163 e. The molecule has 7 nitrogen and oxygen atoms in total. The third kappa shape index (κ3) is 3.77. The standard InChI is InChI=1S/C19H25N5O2/c1-11-6-7-16(12(2)8-11)26-10-15(25)9-20-18-17-13(3)23-24(5)19(17)22-14(4)21-18/h6-8,15,25H,9-10H2,1-5H3,(H,20,21,22)/t15-/m0/s1. The Hall–Kier alpha value is -2.67. The largest absolute Gasteiger partial charge is 0.491 e. The number of hydrogen-bond acceptors (Lipinski definition) is 6. The van der Waals surface area contributed by atoms with E-state index in [0.717, 1.165) is 28.0 Å². The monoisotopic (exact) mass is 355 g/mol. The molecule has 7 heteroatoms. The molecule has 0 saturated carbocycles. The third-order valence-electron chi connectivity index (χ3n) is 4.24. The molecule has 0 aliphatic rings. The van der Waals surface area contributed by atoms with Crippen molar-refractivity contribution in [3.8, 4) is 5.75 Å². The highest BCUT2D eigenvalue weighted by Crippen LogP contribution is 2.23. The molecule has 1 atom stereocenters. The van der Waals surface area contributed by atoms with Gasteiger partial charge in [0.1, 0.15) is 30.1 Å². The van der Waals surface area contributed by atoms with Gasteiger partial charge in [-0.25, -0.2) is 9.97 Å². The molecule has 0 aliphatic carbocycles. The first-order chi connectivity index (χ1) is 12.3. The summed E-state index contributed by atoms with van der Waals surface area (Å²) >= 11 is 0. The molecule has 0 unspecified atom stereocenters. The number of nitrogens with one attached hydrogen (secondary N) is 1. The van der Waals surface area contributed by atoms with E-state index >= 15 is 0 Å². The van der Waals surface area contributed by atoms with Crippen LogP contribution in [0.3, 0.4) is 0 Å². The molecule has 2 heterocycles. The summed E-state index contributed by atoms with van der Waals surface area (Å²) in [7, 11) is 1.86. The summed E-state index contributed by atoms with van der Waals surface area (Å²) in [5, 5.41) is 18.8. The number of nitrogens with zero attached hydrogens (tertiary/aromatic N) is 4.